The number of pyridine rings is 1. The number of hydrogen-bond acceptors (Lipinski definition) is 7. The molecule has 0 bridgehead atoms. The molecule has 3 aromatic heterocycles. The first-order chi connectivity index (χ1) is 13.1. The van der Waals surface area contributed by atoms with Crippen LogP contribution in [0.1, 0.15) is 27.9 Å². The minimum atomic E-state index is -0.112. The van der Waals surface area contributed by atoms with Crippen LogP contribution in [0.3, 0.4) is 0 Å². The molecule has 0 spiro atoms. The number of anilines is 1. The summed E-state index contributed by atoms with van der Waals surface area (Å²) in [6.45, 7) is 5.01. The number of methoxy groups -OCH3 is 1. The van der Waals surface area contributed by atoms with E-state index in [1.165, 1.54) is 17.7 Å². The van der Waals surface area contributed by atoms with E-state index in [2.05, 4.69) is 25.6 Å². The van der Waals surface area contributed by atoms with Gasteiger partial charge < -0.3 is 15.4 Å². The Balaban J connectivity index is 1.77. The van der Waals surface area contributed by atoms with Crippen molar-refractivity contribution in [2.24, 2.45) is 0 Å². The number of aromatic nitrogens is 3. The Morgan fingerprint density at radius 1 is 1.30 bits per heavy atom. The van der Waals surface area contributed by atoms with E-state index in [1.54, 1.807) is 13.3 Å². The summed E-state index contributed by atoms with van der Waals surface area (Å²) in [5, 5.41) is 7.20. The molecule has 0 aliphatic heterocycles. The van der Waals surface area contributed by atoms with Gasteiger partial charge in [0.1, 0.15) is 17.0 Å². The Bertz CT molecular complexity index is 913. The standard InChI is InChI=1S/C19H23N5O2S/c1-12(10-26-3)24-18(25)16-13(2)15-17(22-11-23-19(15)27-16)21-9-7-14-6-4-5-8-20-14/h4-6,8,11-12H,7,9-10H2,1-3H3,(H,24,25)(H,21,22,23). The second kappa shape index (κ2) is 8.88. The molecule has 0 saturated heterocycles. The summed E-state index contributed by atoms with van der Waals surface area (Å²) in [7, 11) is 1.62. The molecule has 142 valence electrons. The Hall–Kier alpha value is -2.58. The first-order valence-corrected chi connectivity index (χ1v) is 9.59. The lowest BCUT2D eigenvalue weighted by Gasteiger charge is -2.12. The lowest BCUT2D eigenvalue weighted by atomic mass is 10.2. The van der Waals surface area contributed by atoms with E-state index in [4.69, 9.17) is 4.74 Å². The van der Waals surface area contributed by atoms with Crippen molar-refractivity contribution in [3.8, 4) is 0 Å². The monoisotopic (exact) mass is 385 g/mol. The van der Waals surface area contributed by atoms with Gasteiger partial charge in [-0.15, -0.1) is 11.3 Å². The number of amides is 1. The molecule has 8 heteroatoms. The number of hydrogen-bond donors (Lipinski definition) is 2. The van der Waals surface area contributed by atoms with Crippen molar-refractivity contribution >= 4 is 33.3 Å². The van der Waals surface area contributed by atoms with E-state index in [9.17, 15) is 4.79 Å². The van der Waals surface area contributed by atoms with Crippen molar-refractivity contribution in [3.63, 3.8) is 0 Å². The van der Waals surface area contributed by atoms with Crippen molar-refractivity contribution in [2.75, 3.05) is 25.6 Å². The summed E-state index contributed by atoms with van der Waals surface area (Å²) in [5.74, 6) is 0.633. The van der Waals surface area contributed by atoms with Crippen molar-refractivity contribution < 1.29 is 9.53 Å². The third kappa shape index (κ3) is 4.58. The third-order valence-corrected chi connectivity index (χ3v) is 5.33. The van der Waals surface area contributed by atoms with E-state index < -0.39 is 0 Å². The summed E-state index contributed by atoms with van der Waals surface area (Å²) >= 11 is 1.38. The molecule has 27 heavy (non-hydrogen) atoms. The summed E-state index contributed by atoms with van der Waals surface area (Å²) in [5.41, 5.74) is 1.91. The van der Waals surface area contributed by atoms with Crippen molar-refractivity contribution in [3.05, 3.63) is 46.9 Å². The van der Waals surface area contributed by atoms with Gasteiger partial charge >= 0.3 is 0 Å². The predicted octanol–water partition coefficient (Wildman–Crippen LogP) is 2.81. The summed E-state index contributed by atoms with van der Waals surface area (Å²) in [6.07, 6.45) is 4.10. The van der Waals surface area contributed by atoms with Crippen LogP contribution in [0.4, 0.5) is 5.82 Å². The van der Waals surface area contributed by atoms with E-state index in [1.807, 2.05) is 32.0 Å². The van der Waals surface area contributed by atoms with Crippen LogP contribution in [0.15, 0.2) is 30.7 Å². The number of carbonyl (C=O) groups is 1. The molecule has 2 N–H and O–H groups in total. The van der Waals surface area contributed by atoms with Gasteiger partial charge in [0.25, 0.3) is 5.91 Å². The minimum absolute atomic E-state index is 0.0610. The van der Waals surface area contributed by atoms with Gasteiger partial charge in [-0.25, -0.2) is 9.97 Å². The summed E-state index contributed by atoms with van der Waals surface area (Å²) < 4.78 is 5.08. The highest BCUT2D eigenvalue weighted by molar-refractivity contribution is 7.20. The number of rotatable bonds is 8. The van der Waals surface area contributed by atoms with Crippen LogP contribution in [0, 0.1) is 6.92 Å². The predicted molar refractivity (Wildman–Crippen MR) is 107 cm³/mol. The van der Waals surface area contributed by atoms with Crippen LogP contribution in [0.25, 0.3) is 10.2 Å². The van der Waals surface area contributed by atoms with Crippen LogP contribution in [-0.4, -0.2) is 47.2 Å². The van der Waals surface area contributed by atoms with Crippen molar-refractivity contribution in [1.29, 1.82) is 0 Å². The third-order valence-electron chi connectivity index (χ3n) is 4.13. The van der Waals surface area contributed by atoms with Crippen LogP contribution < -0.4 is 10.6 Å². The van der Waals surface area contributed by atoms with Gasteiger partial charge in [0.2, 0.25) is 0 Å². The highest BCUT2D eigenvalue weighted by Gasteiger charge is 2.20. The van der Waals surface area contributed by atoms with E-state index in [0.29, 0.717) is 18.0 Å². The SMILES string of the molecule is COCC(C)NC(=O)c1sc2ncnc(NCCc3ccccn3)c2c1C. The molecular weight excluding hydrogens is 362 g/mol. The fourth-order valence-electron chi connectivity index (χ4n) is 2.86. The Morgan fingerprint density at radius 2 is 2.15 bits per heavy atom. The Kier molecular flexibility index (Phi) is 6.31. The quantitative estimate of drug-likeness (QED) is 0.620. The van der Waals surface area contributed by atoms with Gasteiger partial charge in [-0.3, -0.25) is 9.78 Å². The van der Waals surface area contributed by atoms with Gasteiger partial charge in [0.15, 0.2) is 0 Å². The zero-order chi connectivity index (χ0) is 19.2. The van der Waals surface area contributed by atoms with Gasteiger partial charge in [-0.05, 0) is 31.5 Å². The second-order valence-corrected chi connectivity index (χ2v) is 7.29. The lowest BCUT2D eigenvalue weighted by Crippen LogP contribution is -2.35. The molecule has 3 aromatic rings. The molecule has 1 amide bonds. The number of aryl methyl sites for hydroxylation is 1. The molecule has 1 atom stereocenters. The van der Waals surface area contributed by atoms with E-state index in [0.717, 1.165) is 33.7 Å². The van der Waals surface area contributed by atoms with Gasteiger partial charge in [-0.2, -0.15) is 0 Å². The Morgan fingerprint density at radius 3 is 2.89 bits per heavy atom. The largest absolute Gasteiger partial charge is 0.383 e. The smallest absolute Gasteiger partial charge is 0.262 e. The van der Waals surface area contributed by atoms with Crippen molar-refractivity contribution in [2.45, 2.75) is 26.3 Å². The van der Waals surface area contributed by atoms with Gasteiger partial charge in [0.05, 0.1) is 16.9 Å². The number of ether oxygens (including phenoxy) is 1. The number of carbonyl (C=O) groups excluding carboxylic acids is 1. The molecule has 1 unspecified atom stereocenters. The molecule has 3 heterocycles. The second-order valence-electron chi connectivity index (χ2n) is 6.29. The molecule has 0 radical (unpaired) electrons. The number of thiophene rings is 1. The van der Waals surface area contributed by atoms with Gasteiger partial charge in [-0.1, -0.05) is 6.07 Å². The number of nitrogens with zero attached hydrogens (tertiary/aromatic N) is 3. The maximum Gasteiger partial charge on any atom is 0.262 e. The van der Waals surface area contributed by atoms with Crippen molar-refractivity contribution in [1.82, 2.24) is 20.3 Å². The number of nitrogens with one attached hydrogen (secondary N) is 2. The lowest BCUT2D eigenvalue weighted by molar-refractivity contribution is 0.0909. The van der Waals surface area contributed by atoms with Crippen LogP contribution in [0.5, 0.6) is 0 Å². The zero-order valence-electron chi connectivity index (χ0n) is 15.7. The molecule has 7 nitrogen and oxygen atoms in total. The zero-order valence-corrected chi connectivity index (χ0v) is 16.5. The maximum atomic E-state index is 12.6. The molecule has 0 aromatic carbocycles. The molecular formula is C19H23N5O2S. The topological polar surface area (TPSA) is 89.0 Å². The average molecular weight is 385 g/mol. The minimum Gasteiger partial charge on any atom is -0.383 e. The average Bonchev–Trinajstić information content (AvgIpc) is 3.00. The Labute approximate surface area is 162 Å². The first-order valence-electron chi connectivity index (χ1n) is 8.77. The normalized spacial score (nSPS) is 12.1. The van der Waals surface area contributed by atoms with E-state index in [-0.39, 0.29) is 11.9 Å². The number of fused-ring (bicyclic) bond motifs is 1. The molecule has 0 aliphatic rings. The van der Waals surface area contributed by atoms with Gasteiger partial charge in [0, 0.05) is 38.0 Å². The summed E-state index contributed by atoms with van der Waals surface area (Å²) in [6, 6.07) is 5.81. The fourth-order valence-corrected chi connectivity index (χ4v) is 3.91. The summed E-state index contributed by atoms with van der Waals surface area (Å²) in [4.78, 5) is 27.1. The molecule has 0 aliphatic carbocycles. The highest BCUT2D eigenvalue weighted by atomic mass is 32.1. The van der Waals surface area contributed by atoms with Crippen LogP contribution in [0.2, 0.25) is 0 Å². The van der Waals surface area contributed by atoms with Crippen LogP contribution in [-0.2, 0) is 11.2 Å². The molecule has 0 saturated carbocycles. The van der Waals surface area contributed by atoms with Crippen LogP contribution >= 0.6 is 11.3 Å². The van der Waals surface area contributed by atoms with E-state index >= 15 is 0 Å². The first kappa shape index (κ1) is 19.2. The highest BCUT2D eigenvalue weighted by Crippen LogP contribution is 2.33. The molecule has 0 fully saturated rings. The fraction of sp³-hybridized carbons (Fsp3) is 0.368. The maximum absolute atomic E-state index is 12.6. The molecule has 3 rings (SSSR count).